The van der Waals surface area contributed by atoms with Crippen LogP contribution in [0.2, 0.25) is 0 Å². The number of fused-ring (bicyclic) bond motifs is 1. The molecular weight excluding hydrogens is 450 g/mol. The summed E-state index contributed by atoms with van der Waals surface area (Å²) in [5, 5.41) is 3.61. The molecule has 1 fully saturated rings. The van der Waals surface area contributed by atoms with E-state index in [-0.39, 0.29) is 12.5 Å². The number of hydrogen-bond acceptors (Lipinski definition) is 3. The van der Waals surface area contributed by atoms with E-state index in [0.717, 1.165) is 49.0 Å². The Morgan fingerprint density at radius 2 is 1.33 bits per heavy atom. The van der Waals surface area contributed by atoms with Gasteiger partial charge in [0.05, 0.1) is 11.6 Å². The van der Waals surface area contributed by atoms with Gasteiger partial charge in [-0.2, -0.15) is 0 Å². The Morgan fingerprint density at radius 3 is 1.97 bits per heavy atom. The molecule has 1 aliphatic heterocycles. The molecule has 1 N–H and O–H groups in total. The lowest BCUT2D eigenvalue weighted by atomic mass is 9.98. The summed E-state index contributed by atoms with van der Waals surface area (Å²) in [4.78, 5) is 41.5. The van der Waals surface area contributed by atoms with Gasteiger partial charge in [-0.15, -0.1) is 0 Å². The summed E-state index contributed by atoms with van der Waals surface area (Å²) in [6, 6.07) is 26.1. The molecule has 6 heteroatoms. The molecule has 1 saturated heterocycles. The van der Waals surface area contributed by atoms with Crippen molar-refractivity contribution in [2.45, 2.75) is 31.8 Å². The van der Waals surface area contributed by atoms with E-state index in [2.05, 4.69) is 5.32 Å². The zero-order valence-electron chi connectivity index (χ0n) is 20.1. The molecule has 3 aromatic carbocycles. The lowest BCUT2D eigenvalue weighted by molar-refractivity contribution is -0.132. The number of para-hydroxylation sites is 1. The van der Waals surface area contributed by atoms with E-state index in [4.69, 9.17) is 0 Å². The fourth-order valence-electron chi connectivity index (χ4n) is 4.92. The Bertz CT molecular complexity index is 1330. The number of nitrogens with zero attached hydrogens (tertiary/aromatic N) is 2. The molecule has 2 heterocycles. The molecule has 5 rings (SSSR count). The van der Waals surface area contributed by atoms with Gasteiger partial charge < -0.3 is 14.8 Å². The topological polar surface area (TPSA) is 71.4 Å². The number of aromatic nitrogens is 1. The fourth-order valence-corrected chi connectivity index (χ4v) is 4.92. The molecule has 1 aliphatic rings. The number of hydrogen-bond donors (Lipinski definition) is 1. The van der Waals surface area contributed by atoms with Crippen LogP contribution in [0.4, 0.5) is 0 Å². The number of piperidine rings is 1. The third-order valence-electron chi connectivity index (χ3n) is 6.80. The van der Waals surface area contributed by atoms with Crippen molar-refractivity contribution in [1.82, 2.24) is 14.8 Å². The molecule has 0 aliphatic carbocycles. The smallest absolute Gasteiger partial charge is 0.293 e. The van der Waals surface area contributed by atoms with E-state index >= 15 is 0 Å². The number of amides is 2. The maximum Gasteiger partial charge on any atom is 0.293 e. The Morgan fingerprint density at radius 1 is 0.750 bits per heavy atom. The number of carbonyl (C=O) groups is 3. The minimum Gasteiger partial charge on any atom is -0.341 e. The van der Waals surface area contributed by atoms with Crippen molar-refractivity contribution in [1.29, 1.82) is 0 Å². The maximum absolute atomic E-state index is 13.4. The maximum atomic E-state index is 13.4. The van der Waals surface area contributed by atoms with Crippen molar-refractivity contribution < 1.29 is 14.4 Å². The lowest BCUT2D eigenvalue weighted by Gasteiger charge is -2.27. The predicted octanol–water partition coefficient (Wildman–Crippen LogP) is 4.74. The molecule has 36 heavy (non-hydrogen) atoms. The number of rotatable bonds is 7. The first kappa shape index (κ1) is 23.5. The first-order valence-corrected chi connectivity index (χ1v) is 12.4. The van der Waals surface area contributed by atoms with Gasteiger partial charge in [0.25, 0.3) is 11.7 Å². The molecule has 0 bridgehead atoms. The largest absolute Gasteiger partial charge is 0.341 e. The van der Waals surface area contributed by atoms with Gasteiger partial charge in [0.1, 0.15) is 6.54 Å². The van der Waals surface area contributed by atoms with Crippen LogP contribution in [0.25, 0.3) is 10.9 Å². The van der Waals surface area contributed by atoms with Gasteiger partial charge in [-0.1, -0.05) is 78.9 Å². The zero-order valence-corrected chi connectivity index (χ0v) is 20.1. The minimum atomic E-state index is -0.682. The summed E-state index contributed by atoms with van der Waals surface area (Å²) in [5.74, 6) is -1.27. The molecule has 4 aromatic rings. The Hall–Kier alpha value is -4.19. The van der Waals surface area contributed by atoms with Crippen molar-refractivity contribution in [3.63, 3.8) is 0 Å². The highest BCUT2D eigenvalue weighted by Crippen LogP contribution is 2.25. The van der Waals surface area contributed by atoms with Gasteiger partial charge >= 0.3 is 0 Å². The van der Waals surface area contributed by atoms with Gasteiger partial charge in [-0.05, 0) is 36.5 Å². The van der Waals surface area contributed by atoms with Gasteiger partial charge in [-0.25, -0.2) is 0 Å². The molecule has 1 aromatic heterocycles. The summed E-state index contributed by atoms with van der Waals surface area (Å²) in [7, 11) is 0. The van der Waals surface area contributed by atoms with Crippen LogP contribution in [0.1, 0.15) is 46.8 Å². The summed E-state index contributed by atoms with van der Waals surface area (Å²) >= 11 is 0. The first-order chi connectivity index (χ1) is 17.6. The fraction of sp³-hybridized carbons (Fsp3) is 0.233. The normalized spacial score (nSPS) is 13.6. The monoisotopic (exact) mass is 479 g/mol. The summed E-state index contributed by atoms with van der Waals surface area (Å²) in [6.45, 7) is 1.69. The van der Waals surface area contributed by atoms with Crippen LogP contribution in [0.15, 0.2) is 91.1 Å². The number of carbonyl (C=O) groups excluding carboxylic acids is 3. The van der Waals surface area contributed by atoms with Crippen LogP contribution in [-0.2, 0) is 16.1 Å². The summed E-state index contributed by atoms with van der Waals surface area (Å²) in [6.07, 6.45) is 4.84. The molecule has 6 nitrogen and oxygen atoms in total. The van der Waals surface area contributed by atoms with E-state index < -0.39 is 17.7 Å². The second kappa shape index (κ2) is 10.6. The van der Waals surface area contributed by atoms with Crippen LogP contribution in [-0.4, -0.2) is 40.2 Å². The third-order valence-corrected chi connectivity index (χ3v) is 6.80. The van der Waals surface area contributed by atoms with E-state index in [1.54, 1.807) is 10.8 Å². The van der Waals surface area contributed by atoms with E-state index in [9.17, 15) is 14.4 Å². The second-order valence-electron chi connectivity index (χ2n) is 9.19. The van der Waals surface area contributed by atoms with Gasteiger partial charge in [0.2, 0.25) is 5.91 Å². The molecule has 0 spiro atoms. The van der Waals surface area contributed by atoms with Gasteiger partial charge in [-0.3, -0.25) is 14.4 Å². The van der Waals surface area contributed by atoms with E-state index in [1.165, 1.54) is 0 Å². The van der Waals surface area contributed by atoms with Crippen molar-refractivity contribution in [3.05, 3.63) is 108 Å². The highest BCUT2D eigenvalue weighted by Gasteiger charge is 2.26. The van der Waals surface area contributed by atoms with Crippen LogP contribution < -0.4 is 5.32 Å². The average molecular weight is 480 g/mol. The van der Waals surface area contributed by atoms with Crippen molar-refractivity contribution >= 4 is 28.5 Å². The van der Waals surface area contributed by atoms with E-state index in [0.29, 0.717) is 10.9 Å². The van der Waals surface area contributed by atoms with Crippen LogP contribution in [0.5, 0.6) is 0 Å². The predicted molar refractivity (Wildman–Crippen MR) is 140 cm³/mol. The SMILES string of the molecule is O=C(NC(c1ccccc1)c1ccccc1)C(=O)c1cn(CC(=O)N2CCCCC2)c2ccccc12. The number of benzene rings is 3. The highest BCUT2D eigenvalue weighted by molar-refractivity contribution is 6.45. The molecule has 0 atom stereocenters. The number of Topliss-reactive ketones (excluding diaryl/α,β-unsaturated/α-hetero) is 1. The minimum absolute atomic E-state index is 0.0344. The molecule has 2 amide bonds. The summed E-state index contributed by atoms with van der Waals surface area (Å²) in [5.41, 5.74) is 2.84. The van der Waals surface area contributed by atoms with Gasteiger partial charge in [0, 0.05) is 30.2 Å². The van der Waals surface area contributed by atoms with Crippen LogP contribution >= 0.6 is 0 Å². The highest BCUT2D eigenvalue weighted by atomic mass is 16.2. The summed E-state index contributed by atoms with van der Waals surface area (Å²) < 4.78 is 1.79. The number of nitrogens with one attached hydrogen (secondary N) is 1. The second-order valence-corrected chi connectivity index (χ2v) is 9.19. The Balaban J connectivity index is 1.42. The van der Waals surface area contributed by atoms with Crippen molar-refractivity contribution in [2.24, 2.45) is 0 Å². The van der Waals surface area contributed by atoms with Crippen molar-refractivity contribution in [3.8, 4) is 0 Å². The Labute approximate surface area is 210 Å². The molecule has 0 radical (unpaired) electrons. The standard InChI is InChI=1S/C30H29N3O3/c34-27(32-18-10-3-11-19-32)21-33-20-25(24-16-8-9-17-26(24)33)29(35)30(36)31-28(22-12-4-1-5-13-22)23-14-6-2-7-15-23/h1-2,4-9,12-17,20,28H,3,10-11,18-19,21H2,(H,31,36). The average Bonchev–Trinajstić information content (AvgIpc) is 3.30. The van der Waals surface area contributed by atoms with Crippen LogP contribution in [0.3, 0.4) is 0 Å². The molecule has 0 saturated carbocycles. The molecule has 0 unspecified atom stereocenters. The van der Waals surface area contributed by atoms with Gasteiger partial charge in [0.15, 0.2) is 0 Å². The third kappa shape index (κ3) is 4.93. The lowest BCUT2D eigenvalue weighted by Crippen LogP contribution is -2.37. The van der Waals surface area contributed by atoms with Crippen molar-refractivity contribution in [2.75, 3.05) is 13.1 Å². The first-order valence-electron chi connectivity index (χ1n) is 12.4. The molecular formula is C30H29N3O3. The zero-order chi connectivity index (χ0) is 24.9. The Kier molecular flexibility index (Phi) is 6.94. The molecule has 182 valence electrons. The van der Waals surface area contributed by atoms with Crippen LogP contribution in [0, 0.1) is 0 Å². The quantitative estimate of drug-likeness (QED) is 0.307. The van der Waals surface area contributed by atoms with E-state index in [1.807, 2.05) is 89.8 Å². The number of likely N-dealkylation sites (tertiary alicyclic amines) is 1. The number of ketones is 1.